The molecule has 0 aromatic heterocycles. The van der Waals surface area contributed by atoms with Crippen molar-refractivity contribution in [2.24, 2.45) is 17.8 Å². The highest BCUT2D eigenvalue weighted by atomic mass is 16.5. The molecule has 3 nitrogen and oxygen atoms in total. The van der Waals surface area contributed by atoms with Crippen molar-refractivity contribution in [1.82, 2.24) is 5.32 Å². The van der Waals surface area contributed by atoms with Crippen LogP contribution in [0, 0.1) is 17.8 Å². The summed E-state index contributed by atoms with van der Waals surface area (Å²) in [5.41, 5.74) is 0. The Morgan fingerprint density at radius 1 is 1.28 bits per heavy atom. The molecule has 3 heteroatoms. The molecule has 1 rings (SSSR count). The zero-order valence-electron chi connectivity index (χ0n) is 12.5. The fourth-order valence-electron chi connectivity index (χ4n) is 2.75. The van der Waals surface area contributed by atoms with Crippen molar-refractivity contribution >= 4 is 5.97 Å². The summed E-state index contributed by atoms with van der Waals surface area (Å²) in [5, 5.41) is 3.12. The fraction of sp³-hybridized carbons (Fsp3) is 0.933. The average molecular weight is 255 g/mol. The van der Waals surface area contributed by atoms with Crippen molar-refractivity contribution < 1.29 is 9.53 Å². The standard InChI is InChI=1S/C15H29NO2/c1-10(2)13-7-6-12(5)8-14(13)18-15(17)9-16-11(3)4/h10-14,16H,6-9H2,1-5H3/t12-,13+,14-/m1/s1. The monoisotopic (exact) mass is 255 g/mol. The number of ether oxygens (including phenoxy) is 1. The molecule has 18 heavy (non-hydrogen) atoms. The van der Waals surface area contributed by atoms with E-state index < -0.39 is 0 Å². The third-order valence-corrected chi connectivity index (χ3v) is 3.90. The van der Waals surface area contributed by atoms with Crippen LogP contribution in [0.3, 0.4) is 0 Å². The van der Waals surface area contributed by atoms with Gasteiger partial charge in [0.05, 0.1) is 6.54 Å². The largest absolute Gasteiger partial charge is 0.461 e. The van der Waals surface area contributed by atoms with Gasteiger partial charge in [-0.15, -0.1) is 0 Å². The van der Waals surface area contributed by atoms with E-state index in [1.165, 1.54) is 12.8 Å². The van der Waals surface area contributed by atoms with Gasteiger partial charge in [0, 0.05) is 6.04 Å². The van der Waals surface area contributed by atoms with E-state index in [1.54, 1.807) is 0 Å². The summed E-state index contributed by atoms with van der Waals surface area (Å²) in [5.74, 6) is 1.70. The summed E-state index contributed by atoms with van der Waals surface area (Å²) in [7, 11) is 0. The van der Waals surface area contributed by atoms with Gasteiger partial charge in [0.25, 0.3) is 0 Å². The van der Waals surface area contributed by atoms with Crippen LogP contribution in [0.1, 0.15) is 53.9 Å². The lowest BCUT2D eigenvalue weighted by atomic mass is 9.75. The molecule has 1 N–H and O–H groups in total. The van der Waals surface area contributed by atoms with Gasteiger partial charge in [-0.1, -0.05) is 41.0 Å². The summed E-state index contributed by atoms with van der Waals surface area (Å²) < 4.78 is 5.68. The molecule has 1 fully saturated rings. The van der Waals surface area contributed by atoms with E-state index >= 15 is 0 Å². The van der Waals surface area contributed by atoms with E-state index in [9.17, 15) is 4.79 Å². The summed E-state index contributed by atoms with van der Waals surface area (Å²) in [6.45, 7) is 11.1. The van der Waals surface area contributed by atoms with Gasteiger partial charge in [-0.2, -0.15) is 0 Å². The van der Waals surface area contributed by atoms with Crippen LogP contribution in [-0.2, 0) is 9.53 Å². The quantitative estimate of drug-likeness (QED) is 0.768. The molecule has 1 aliphatic rings. The number of nitrogens with one attached hydrogen (secondary N) is 1. The van der Waals surface area contributed by atoms with E-state index in [2.05, 4.69) is 26.1 Å². The first-order valence-corrected chi connectivity index (χ1v) is 7.33. The van der Waals surface area contributed by atoms with Crippen molar-refractivity contribution in [1.29, 1.82) is 0 Å². The predicted molar refractivity (Wildman–Crippen MR) is 74.4 cm³/mol. The van der Waals surface area contributed by atoms with Gasteiger partial charge < -0.3 is 10.1 Å². The van der Waals surface area contributed by atoms with Crippen molar-refractivity contribution in [3.05, 3.63) is 0 Å². The molecule has 0 heterocycles. The summed E-state index contributed by atoms with van der Waals surface area (Å²) in [6, 6.07) is 0.323. The van der Waals surface area contributed by atoms with Crippen molar-refractivity contribution in [3.63, 3.8) is 0 Å². The molecule has 1 saturated carbocycles. The van der Waals surface area contributed by atoms with E-state index in [1.807, 2.05) is 13.8 Å². The lowest BCUT2D eigenvalue weighted by Gasteiger charge is -2.36. The van der Waals surface area contributed by atoms with Crippen LogP contribution >= 0.6 is 0 Å². The Hall–Kier alpha value is -0.570. The number of hydrogen-bond acceptors (Lipinski definition) is 3. The van der Waals surface area contributed by atoms with Crippen LogP contribution in [0.5, 0.6) is 0 Å². The molecule has 0 bridgehead atoms. The normalized spacial score (nSPS) is 28.7. The van der Waals surface area contributed by atoms with Gasteiger partial charge in [0.1, 0.15) is 6.10 Å². The molecule has 1 aliphatic carbocycles. The van der Waals surface area contributed by atoms with Crippen LogP contribution in [0.4, 0.5) is 0 Å². The van der Waals surface area contributed by atoms with Crippen molar-refractivity contribution in [3.8, 4) is 0 Å². The van der Waals surface area contributed by atoms with Gasteiger partial charge in [-0.3, -0.25) is 4.79 Å². The minimum atomic E-state index is -0.103. The Bertz CT molecular complexity index is 263. The second-order valence-corrected chi connectivity index (χ2v) is 6.39. The van der Waals surface area contributed by atoms with E-state index in [4.69, 9.17) is 4.74 Å². The zero-order valence-corrected chi connectivity index (χ0v) is 12.5. The fourth-order valence-corrected chi connectivity index (χ4v) is 2.75. The molecule has 0 aromatic rings. The molecule has 0 aliphatic heterocycles. The highest BCUT2D eigenvalue weighted by molar-refractivity contribution is 5.71. The van der Waals surface area contributed by atoms with E-state index in [-0.39, 0.29) is 12.1 Å². The molecular formula is C15H29NO2. The molecule has 0 radical (unpaired) electrons. The van der Waals surface area contributed by atoms with Gasteiger partial charge in [-0.25, -0.2) is 0 Å². The van der Waals surface area contributed by atoms with E-state index in [0.29, 0.717) is 30.3 Å². The molecule has 3 atom stereocenters. The highest BCUT2D eigenvalue weighted by Crippen LogP contribution is 2.35. The molecule has 0 saturated heterocycles. The van der Waals surface area contributed by atoms with Crippen LogP contribution in [0.2, 0.25) is 0 Å². The molecule has 106 valence electrons. The first kappa shape index (κ1) is 15.5. The van der Waals surface area contributed by atoms with E-state index in [0.717, 1.165) is 6.42 Å². The summed E-state index contributed by atoms with van der Waals surface area (Å²) in [4.78, 5) is 11.8. The maximum atomic E-state index is 11.8. The Balaban J connectivity index is 2.47. The summed E-state index contributed by atoms with van der Waals surface area (Å²) in [6.07, 6.45) is 3.60. The Morgan fingerprint density at radius 3 is 2.50 bits per heavy atom. The Labute approximate surface area is 112 Å². The van der Waals surface area contributed by atoms with Gasteiger partial charge in [0.2, 0.25) is 0 Å². The molecule has 0 unspecified atom stereocenters. The molecule has 0 amide bonds. The van der Waals surface area contributed by atoms with Gasteiger partial charge >= 0.3 is 5.97 Å². The van der Waals surface area contributed by atoms with Crippen LogP contribution < -0.4 is 5.32 Å². The Kier molecular flexibility index (Phi) is 6.13. The number of carbonyl (C=O) groups excluding carboxylic acids is 1. The maximum absolute atomic E-state index is 11.8. The second kappa shape index (κ2) is 7.13. The number of carbonyl (C=O) groups is 1. The minimum absolute atomic E-state index is 0.103. The third kappa shape index (κ3) is 4.97. The SMILES string of the molecule is CC(C)NCC(=O)O[C@@H]1C[C@H](C)CC[C@H]1C(C)C. The smallest absolute Gasteiger partial charge is 0.320 e. The number of rotatable bonds is 5. The topological polar surface area (TPSA) is 38.3 Å². The molecular weight excluding hydrogens is 226 g/mol. The number of esters is 1. The summed E-state index contributed by atoms with van der Waals surface area (Å²) >= 11 is 0. The second-order valence-electron chi connectivity index (χ2n) is 6.39. The van der Waals surface area contributed by atoms with Gasteiger partial charge in [-0.05, 0) is 30.6 Å². The maximum Gasteiger partial charge on any atom is 0.320 e. The lowest BCUT2D eigenvalue weighted by molar-refractivity contribution is -0.154. The van der Waals surface area contributed by atoms with Crippen molar-refractivity contribution in [2.45, 2.75) is 66.0 Å². The number of hydrogen-bond donors (Lipinski definition) is 1. The zero-order chi connectivity index (χ0) is 13.7. The van der Waals surface area contributed by atoms with Crippen LogP contribution in [0.15, 0.2) is 0 Å². The van der Waals surface area contributed by atoms with Crippen molar-refractivity contribution in [2.75, 3.05) is 6.54 Å². The Morgan fingerprint density at radius 2 is 1.94 bits per heavy atom. The first-order valence-electron chi connectivity index (χ1n) is 7.33. The van der Waals surface area contributed by atoms with Crippen LogP contribution in [0.25, 0.3) is 0 Å². The third-order valence-electron chi connectivity index (χ3n) is 3.90. The van der Waals surface area contributed by atoms with Crippen LogP contribution in [-0.4, -0.2) is 24.7 Å². The molecule has 0 spiro atoms. The predicted octanol–water partition coefficient (Wildman–Crippen LogP) is 2.99. The minimum Gasteiger partial charge on any atom is -0.461 e. The highest BCUT2D eigenvalue weighted by Gasteiger charge is 2.33. The van der Waals surface area contributed by atoms with Gasteiger partial charge in [0.15, 0.2) is 0 Å². The first-order chi connectivity index (χ1) is 8.40. The lowest BCUT2D eigenvalue weighted by Crippen LogP contribution is -2.39. The average Bonchev–Trinajstić information content (AvgIpc) is 2.26. The molecule has 0 aromatic carbocycles.